The fraction of sp³-hybridized carbons (Fsp3) is 0.0476. The van der Waals surface area contributed by atoms with Gasteiger partial charge < -0.3 is 4.74 Å². The van der Waals surface area contributed by atoms with E-state index in [1.165, 1.54) is 0 Å². The molecule has 3 rings (SSSR count). The van der Waals surface area contributed by atoms with Crippen LogP contribution < -0.4 is 4.74 Å². The Bertz CT molecular complexity index is 812. The molecule has 0 saturated carbocycles. The molecule has 0 fully saturated rings. The molecule has 0 aromatic heterocycles. The maximum Gasteiger partial charge on any atom is 0.142 e. The van der Waals surface area contributed by atoms with Crippen molar-refractivity contribution in [2.45, 2.75) is 0 Å². The van der Waals surface area contributed by atoms with Crippen molar-refractivity contribution in [3.63, 3.8) is 0 Å². The van der Waals surface area contributed by atoms with Gasteiger partial charge in [-0.1, -0.05) is 66.6 Å². The van der Waals surface area contributed by atoms with Crippen LogP contribution in [0.3, 0.4) is 0 Å². The van der Waals surface area contributed by atoms with Gasteiger partial charge in [-0.2, -0.15) is 0 Å². The van der Waals surface area contributed by atoms with Gasteiger partial charge in [-0.25, -0.2) is 0 Å². The Balaban J connectivity index is 2.26. The summed E-state index contributed by atoms with van der Waals surface area (Å²) in [5.74, 6) is 3.49. The first-order chi connectivity index (χ1) is 10.8. The number of hydrogen-bond donors (Lipinski definition) is 0. The normalized spacial score (nSPS) is 10.0. The van der Waals surface area contributed by atoms with Crippen LogP contribution in [-0.2, 0) is 0 Å². The molecule has 0 radical (unpaired) electrons. The SMILES string of the molecule is C#Cc1cc(-c2ccccc2)cc(-c2ccccc2)c1OC. The van der Waals surface area contributed by atoms with E-state index in [-0.39, 0.29) is 0 Å². The first-order valence-corrected chi connectivity index (χ1v) is 7.13. The molecule has 0 atom stereocenters. The number of ether oxygens (including phenoxy) is 1. The first-order valence-electron chi connectivity index (χ1n) is 7.13. The summed E-state index contributed by atoms with van der Waals surface area (Å²) in [6, 6.07) is 24.5. The highest BCUT2D eigenvalue weighted by molar-refractivity contribution is 5.81. The highest BCUT2D eigenvalue weighted by Crippen LogP contribution is 2.37. The molecule has 0 spiro atoms. The number of rotatable bonds is 3. The van der Waals surface area contributed by atoms with E-state index in [4.69, 9.17) is 11.2 Å². The van der Waals surface area contributed by atoms with E-state index in [0.717, 1.165) is 33.6 Å². The summed E-state index contributed by atoms with van der Waals surface area (Å²) in [5.41, 5.74) is 5.10. The van der Waals surface area contributed by atoms with E-state index in [0.29, 0.717) is 0 Å². The second kappa shape index (κ2) is 6.20. The summed E-state index contributed by atoms with van der Waals surface area (Å²) in [4.78, 5) is 0. The van der Waals surface area contributed by atoms with E-state index in [1.54, 1.807) is 7.11 Å². The fourth-order valence-corrected chi connectivity index (χ4v) is 2.59. The molecule has 0 aliphatic rings. The van der Waals surface area contributed by atoms with Gasteiger partial charge in [0, 0.05) is 5.56 Å². The van der Waals surface area contributed by atoms with Crippen LogP contribution in [0, 0.1) is 12.3 Å². The molecule has 3 aromatic rings. The predicted molar refractivity (Wildman–Crippen MR) is 91.8 cm³/mol. The van der Waals surface area contributed by atoms with Crippen LogP contribution in [0.1, 0.15) is 5.56 Å². The lowest BCUT2D eigenvalue weighted by Gasteiger charge is -2.14. The highest BCUT2D eigenvalue weighted by Gasteiger charge is 2.13. The lowest BCUT2D eigenvalue weighted by Crippen LogP contribution is -1.93. The van der Waals surface area contributed by atoms with E-state index in [2.05, 4.69) is 36.3 Å². The number of benzene rings is 3. The summed E-state index contributed by atoms with van der Waals surface area (Å²) in [6.07, 6.45) is 5.69. The number of terminal acetylenes is 1. The lowest BCUT2D eigenvalue weighted by molar-refractivity contribution is 0.415. The molecule has 3 aromatic carbocycles. The summed E-state index contributed by atoms with van der Waals surface area (Å²) in [6.45, 7) is 0. The van der Waals surface area contributed by atoms with Crippen molar-refractivity contribution in [2.24, 2.45) is 0 Å². The van der Waals surface area contributed by atoms with Crippen molar-refractivity contribution in [1.82, 2.24) is 0 Å². The van der Waals surface area contributed by atoms with Gasteiger partial charge in [0.1, 0.15) is 5.75 Å². The molecule has 1 nitrogen and oxygen atoms in total. The van der Waals surface area contributed by atoms with Crippen molar-refractivity contribution >= 4 is 0 Å². The average molecular weight is 284 g/mol. The molecule has 0 amide bonds. The summed E-state index contributed by atoms with van der Waals surface area (Å²) in [5, 5.41) is 0. The zero-order valence-corrected chi connectivity index (χ0v) is 12.4. The Morgan fingerprint density at radius 1 is 0.773 bits per heavy atom. The van der Waals surface area contributed by atoms with Gasteiger partial charge in [-0.05, 0) is 28.8 Å². The van der Waals surface area contributed by atoms with Crippen molar-refractivity contribution in [1.29, 1.82) is 0 Å². The summed E-state index contributed by atoms with van der Waals surface area (Å²) >= 11 is 0. The topological polar surface area (TPSA) is 9.23 Å². The van der Waals surface area contributed by atoms with Gasteiger partial charge in [0.2, 0.25) is 0 Å². The molecule has 0 unspecified atom stereocenters. The van der Waals surface area contributed by atoms with Gasteiger partial charge in [-0.15, -0.1) is 6.42 Å². The molecular formula is C21H16O. The second-order valence-corrected chi connectivity index (χ2v) is 4.98. The molecule has 0 N–H and O–H groups in total. The monoisotopic (exact) mass is 284 g/mol. The smallest absolute Gasteiger partial charge is 0.142 e. The molecule has 1 heteroatoms. The Morgan fingerprint density at radius 3 is 1.91 bits per heavy atom. The van der Waals surface area contributed by atoms with Crippen LogP contribution in [-0.4, -0.2) is 7.11 Å². The predicted octanol–water partition coefficient (Wildman–Crippen LogP) is 5.01. The van der Waals surface area contributed by atoms with Crippen molar-refractivity contribution in [3.8, 4) is 40.3 Å². The molecule has 22 heavy (non-hydrogen) atoms. The molecule has 0 heterocycles. The van der Waals surface area contributed by atoms with E-state index >= 15 is 0 Å². The zero-order chi connectivity index (χ0) is 15.4. The quantitative estimate of drug-likeness (QED) is 0.614. The van der Waals surface area contributed by atoms with Crippen molar-refractivity contribution < 1.29 is 4.74 Å². The van der Waals surface area contributed by atoms with Crippen LogP contribution in [0.4, 0.5) is 0 Å². The van der Waals surface area contributed by atoms with Gasteiger partial charge >= 0.3 is 0 Å². The van der Waals surface area contributed by atoms with E-state index in [1.807, 2.05) is 42.5 Å². The third-order valence-corrected chi connectivity index (χ3v) is 3.64. The molecule has 0 aliphatic carbocycles. The Morgan fingerprint density at radius 2 is 1.36 bits per heavy atom. The third-order valence-electron chi connectivity index (χ3n) is 3.64. The summed E-state index contributed by atoms with van der Waals surface area (Å²) < 4.78 is 5.57. The average Bonchev–Trinajstić information content (AvgIpc) is 2.62. The maximum absolute atomic E-state index is 5.69. The number of hydrogen-bond acceptors (Lipinski definition) is 1. The van der Waals surface area contributed by atoms with Gasteiger partial charge in [0.25, 0.3) is 0 Å². The summed E-state index contributed by atoms with van der Waals surface area (Å²) in [7, 11) is 1.66. The van der Waals surface area contributed by atoms with E-state index in [9.17, 15) is 0 Å². The fourth-order valence-electron chi connectivity index (χ4n) is 2.59. The van der Waals surface area contributed by atoms with Gasteiger partial charge in [-0.3, -0.25) is 0 Å². The largest absolute Gasteiger partial charge is 0.495 e. The Labute approximate surface area is 131 Å². The van der Waals surface area contributed by atoms with E-state index < -0.39 is 0 Å². The maximum atomic E-state index is 5.69. The lowest BCUT2D eigenvalue weighted by atomic mass is 9.95. The second-order valence-electron chi connectivity index (χ2n) is 4.98. The van der Waals surface area contributed by atoms with Crippen LogP contribution >= 0.6 is 0 Å². The minimum absolute atomic E-state index is 0.744. The molecule has 0 aliphatic heterocycles. The molecule has 0 bridgehead atoms. The number of methoxy groups -OCH3 is 1. The Hall–Kier alpha value is -2.98. The molecule has 0 saturated heterocycles. The minimum atomic E-state index is 0.744. The van der Waals surface area contributed by atoms with Crippen LogP contribution in [0.2, 0.25) is 0 Å². The van der Waals surface area contributed by atoms with Crippen LogP contribution in [0.25, 0.3) is 22.3 Å². The molecular weight excluding hydrogens is 268 g/mol. The Kier molecular flexibility index (Phi) is 3.94. The first kappa shape index (κ1) is 14.0. The zero-order valence-electron chi connectivity index (χ0n) is 12.4. The molecule has 106 valence electrons. The highest BCUT2D eigenvalue weighted by atomic mass is 16.5. The standard InChI is InChI=1S/C21H16O/c1-3-16-14-19(17-10-6-4-7-11-17)15-20(21(16)22-2)18-12-8-5-9-13-18/h1,4-15H,2H3. The van der Waals surface area contributed by atoms with Crippen LogP contribution in [0.15, 0.2) is 72.8 Å². The van der Waals surface area contributed by atoms with Crippen molar-refractivity contribution in [3.05, 3.63) is 78.4 Å². The minimum Gasteiger partial charge on any atom is -0.495 e. The van der Waals surface area contributed by atoms with Gasteiger partial charge in [0.15, 0.2) is 0 Å². The van der Waals surface area contributed by atoms with Crippen molar-refractivity contribution in [2.75, 3.05) is 7.11 Å². The van der Waals surface area contributed by atoms with Gasteiger partial charge in [0.05, 0.1) is 12.7 Å². The third kappa shape index (κ3) is 2.60. The van der Waals surface area contributed by atoms with Crippen LogP contribution in [0.5, 0.6) is 5.75 Å².